The van der Waals surface area contributed by atoms with Crippen molar-refractivity contribution >= 4 is 11.0 Å². The lowest BCUT2D eigenvalue weighted by Crippen LogP contribution is -2.10. The summed E-state index contributed by atoms with van der Waals surface area (Å²) < 4.78 is 0. The van der Waals surface area contributed by atoms with Crippen molar-refractivity contribution in [2.75, 3.05) is 0 Å². The summed E-state index contributed by atoms with van der Waals surface area (Å²) in [4.78, 5) is 6.44. The molecule has 1 aliphatic heterocycles. The summed E-state index contributed by atoms with van der Waals surface area (Å²) >= 11 is 0. The third-order valence-electron chi connectivity index (χ3n) is 2.12. The number of hydrogen-bond donors (Lipinski definition) is 1. The van der Waals surface area contributed by atoms with Crippen molar-refractivity contribution in [3.8, 4) is 0 Å². The maximum Gasteiger partial charge on any atom is 0.232 e. The van der Waals surface area contributed by atoms with Gasteiger partial charge in [0.25, 0.3) is 0 Å². The predicted octanol–water partition coefficient (Wildman–Crippen LogP) is 0.886. The second kappa shape index (κ2) is 1.24. The Morgan fingerprint density at radius 2 is 2.50 bits per heavy atom. The number of nitrogens with one attached hydrogen (secondary N) is 2. The van der Waals surface area contributed by atoms with Crippen LogP contribution in [0.25, 0.3) is 11.0 Å². The maximum absolute atomic E-state index is 3.24. The number of aromatic nitrogens is 2. The van der Waals surface area contributed by atoms with Gasteiger partial charge in [-0.15, -0.1) is 0 Å². The van der Waals surface area contributed by atoms with Crippen molar-refractivity contribution < 1.29 is 4.98 Å². The van der Waals surface area contributed by atoms with Crippen molar-refractivity contribution in [1.29, 1.82) is 0 Å². The fourth-order valence-electron chi connectivity index (χ4n) is 1.62. The number of H-pyrrole nitrogens is 2. The van der Waals surface area contributed by atoms with E-state index in [1.165, 1.54) is 22.2 Å². The van der Waals surface area contributed by atoms with E-state index < -0.39 is 0 Å². The molecular weight excluding hydrogens is 124 g/mol. The average molecular weight is 131 g/mol. The monoisotopic (exact) mass is 131 g/mol. The molecule has 0 atom stereocenters. The molecule has 2 N–H and O–H groups in total. The first-order chi connectivity index (χ1) is 4.93. The summed E-state index contributed by atoms with van der Waals surface area (Å²) in [6.45, 7) is 0. The van der Waals surface area contributed by atoms with E-state index in [1.807, 2.05) is 0 Å². The van der Waals surface area contributed by atoms with Gasteiger partial charge in [-0.1, -0.05) is 0 Å². The Kier molecular flexibility index (Phi) is 0.556. The highest BCUT2D eigenvalue weighted by Gasteiger charge is 2.17. The van der Waals surface area contributed by atoms with Gasteiger partial charge in [0.2, 0.25) is 5.52 Å². The van der Waals surface area contributed by atoms with Gasteiger partial charge in [-0.2, -0.15) is 0 Å². The van der Waals surface area contributed by atoms with Gasteiger partial charge in [0, 0.05) is 23.7 Å². The molecule has 4 bridgehead atoms. The summed E-state index contributed by atoms with van der Waals surface area (Å²) in [5.74, 6) is 0. The largest absolute Gasteiger partial charge is 0.356 e. The normalized spacial score (nSPS) is 13.6. The standard InChI is InChI=1S/C8H6N2/c1-5-2-7-8(10-3-5)6(1)4-9-7/h2-4,9H,1H2/p+1. The van der Waals surface area contributed by atoms with Crippen molar-refractivity contribution in [3.63, 3.8) is 0 Å². The van der Waals surface area contributed by atoms with E-state index in [1.54, 1.807) is 0 Å². The Hall–Kier alpha value is -1.31. The SMILES string of the molecule is c1[nH+]c2c3c[nH]c2cc1C3. The Balaban J connectivity index is 2.73. The number of hydrogen-bond acceptors (Lipinski definition) is 0. The first-order valence-electron chi connectivity index (χ1n) is 3.44. The summed E-state index contributed by atoms with van der Waals surface area (Å²) in [6.07, 6.45) is 5.25. The highest BCUT2D eigenvalue weighted by molar-refractivity contribution is 5.78. The second-order valence-electron chi connectivity index (χ2n) is 2.79. The molecule has 3 heterocycles. The molecule has 48 valence electrons. The van der Waals surface area contributed by atoms with Gasteiger partial charge in [-0.25, -0.2) is 4.98 Å². The minimum atomic E-state index is 1.10. The average Bonchev–Trinajstić information content (AvgIpc) is 2.29. The van der Waals surface area contributed by atoms with Crippen LogP contribution in [-0.4, -0.2) is 4.98 Å². The summed E-state index contributed by atoms with van der Waals surface area (Å²) in [6, 6.07) is 2.19. The zero-order valence-electron chi connectivity index (χ0n) is 5.44. The summed E-state index contributed by atoms with van der Waals surface area (Å²) in [5, 5.41) is 0. The molecule has 2 aromatic heterocycles. The molecule has 2 aromatic rings. The van der Waals surface area contributed by atoms with E-state index in [0.29, 0.717) is 0 Å². The molecule has 10 heavy (non-hydrogen) atoms. The minimum Gasteiger partial charge on any atom is -0.356 e. The first kappa shape index (κ1) is 4.50. The van der Waals surface area contributed by atoms with E-state index in [9.17, 15) is 0 Å². The molecule has 0 fully saturated rings. The zero-order valence-corrected chi connectivity index (χ0v) is 5.44. The fourth-order valence-corrected chi connectivity index (χ4v) is 1.62. The third kappa shape index (κ3) is 0.355. The van der Waals surface area contributed by atoms with E-state index >= 15 is 0 Å². The van der Waals surface area contributed by atoms with Crippen LogP contribution in [0, 0.1) is 0 Å². The second-order valence-corrected chi connectivity index (χ2v) is 2.79. The third-order valence-corrected chi connectivity index (χ3v) is 2.12. The van der Waals surface area contributed by atoms with Crippen molar-refractivity contribution in [2.45, 2.75) is 6.42 Å². The molecule has 0 saturated heterocycles. The van der Waals surface area contributed by atoms with Gasteiger partial charge in [0.15, 0.2) is 6.20 Å². The molecule has 0 radical (unpaired) electrons. The van der Waals surface area contributed by atoms with Crippen molar-refractivity contribution in [1.82, 2.24) is 4.98 Å². The molecule has 0 spiro atoms. The Labute approximate surface area is 57.9 Å². The van der Waals surface area contributed by atoms with Crippen molar-refractivity contribution in [2.24, 2.45) is 0 Å². The van der Waals surface area contributed by atoms with E-state index in [-0.39, 0.29) is 0 Å². The van der Waals surface area contributed by atoms with E-state index in [4.69, 9.17) is 0 Å². The number of aromatic amines is 2. The predicted molar refractivity (Wildman–Crippen MR) is 37.7 cm³/mol. The van der Waals surface area contributed by atoms with Crippen LogP contribution in [0.2, 0.25) is 0 Å². The van der Waals surface area contributed by atoms with Crippen LogP contribution < -0.4 is 4.98 Å². The van der Waals surface area contributed by atoms with E-state index in [0.717, 1.165) is 6.42 Å². The van der Waals surface area contributed by atoms with Gasteiger partial charge in [-0.05, 0) is 6.07 Å². The molecule has 0 unspecified atom stereocenters. The van der Waals surface area contributed by atoms with Crippen LogP contribution in [0.4, 0.5) is 0 Å². The maximum atomic E-state index is 3.24. The molecule has 0 amide bonds. The smallest absolute Gasteiger partial charge is 0.232 e. The lowest BCUT2D eigenvalue weighted by molar-refractivity contribution is -0.347. The number of rotatable bonds is 0. The van der Waals surface area contributed by atoms with Crippen LogP contribution in [0.3, 0.4) is 0 Å². The Bertz CT molecular complexity index is 401. The molecule has 4 rings (SSSR count). The zero-order chi connectivity index (χ0) is 6.55. The first-order valence-corrected chi connectivity index (χ1v) is 3.44. The van der Waals surface area contributed by atoms with E-state index in [2.05, 4.69) is 28.4 Å². The molecule has 2 aliphatic rings. The van der Waals surface area contributed by atoms with Crippen molar-refractivity contribution in [3.05, 3.63) is 29.6 Å². The van der Waals surface area contributed by atoms with Crippen LogP contribution >= 0.6 is 0 Å². The minimum absolute atomic E-state index is 1.10. The molecule has 0 saturated carbocycles. The number of fused-ring (bicyclic) bond motifs is 1. The highest BCUT2D eigenvalue weighted by atomic mass is 14.8. The van der Waals surface area contributed by atoms with Gasteiger partial charge in [0.1, 0.15) is 5.52 Å². The molecule has 2 heteroatoms. The van der Waals surface area contributed by atoms with Gasteiger partial charge < -0.3 is 4.98 Å². The van der Waals surface area contributed by atoms with Crippen LogP contribution in [0.1, 0.15) is 11.1 Å². The lowest BCUT2D eigenvalue weighted by atomic mass is 10.0. The summed E-state index contributed by atoms with van der Waals surface area (Å²) in [5.41, 5.74) is 5.28. The van der Waals surface area contributed by atoms with Crippen LogP contribution in [-0.2, 0) is 6.42 Å². The number of pyridine rings is 1. The molecule has 0 aromatic carbocycles. The fraction of sp³-hybridized carbons (Fsp3) is 0.125. The van der Waals surface area contributed by atoms with Gasteiger partial charge >= 0.3 is 0 Å². The van der Waals surface area contributed by atoms with Crippen LogP contribution in [0.15, 0.2) is 18.5 Å². The lowest BCUT2D eigenvalue weighted by Gasteiger charge is -1.99. The Morgan fingerprint density at radius 3 is 3.20 bits per heavy atom. The molecule has 2 nitrogen and oxygen atoms in total. The molecular formula is C8H7N2+. The quantitative estimate of drug-likeness (QED) is 0.469. The summed E-state index contributed by atoms with van der Waals surface area (Å²) in [7, 11) is 0. The van der Waals surface area contributed by atoms with Gasteiger partial charge in [-0.3, -0.25) is 0 Å². The van der Waals surface area contributed by atoms with Gasteiger partial charge in [0.05, 0.1) is 0 Å². The Morgan fingerprint density at radius 1 is 1.50 bits per heavy atom. The molecule has 1 aliphatic carbocycles. The highest BCUT2D eigenvalue weighted by Crippen LogP contribution is 2.22. The van der Waals surface area contributed by atoms with Crippen LogP contribution in [0.5, 0.6) is 0 Å². The topological polar surface area (TPSA) is 29.9 Å².